The number of amides is 1. The van der Waals surface area contributed by atoms with E-state index in [1.165, 1.54) is 17.3 Å². The van der Waals surface area contributed by atoms with Gasteiger partial charge in [-0.2, -0.15) is 0 Å². The van der Waals surface area contributed by atoms with Crippen molar-refractivity contribution in [3.63, 3.8) is 0 Å². The second-order valence-corrected chi connectivity index (χ2v) is 8.15. The van der Waals surface area contributed by atoms with E-state index in [1.54, 1.807) is 0 Å². The summed E-state index contributed by atoms with van der Waals surface area (Å²) in [4.78, 5) is 17.1. The van der Waals surface area contributed by atoms with Gasteiger partial charge in [0, 0.05) is 5.92 Å². The van der Waals surface area contributed by atoms with Gasteiger partial charge in [0.25, 0.3) is 0 Å². The van der Waals surface area contributed by atoms with Crippen LogP contribution in [0.3, 0.4) is 0 Å². The summed E-state index contributed by atoms with van der Waals surface area (Å²) in [6.45, 7) is 4.07. The second kappa shape index (κ2) is 8.19. The fourth-order valence-electron chi connectivity index (χ4n) is 3.29. The fourth-order valence-corrected chi connectivity index (χ4v) is 3.94. The number of rotatable bonds is 7. The van der Waals surface area contributed by atoms with Crippen LogP contribution in [0.2, 0.25) is 0 Å². The number of aromatic nitrogens is 3. The molecule has 1 aliphatic carbocycles. The van der Waals surface area contributed by atoms with E-state index < -0.39 is 0 Å². The number of benzene rings is 2. The Labute approximate surface area is 169 Å². The predicted octanol–water partition coefficient (Wildman–Crippen LogP) is 4.42. The van der Waals surface area contributed by atoms with Crippen LogP contribution in [0.25, 0.3) is 5.69 Å². The molecule has 0 bridgehead atoms. The Balaban J connectivity index is 1.41. The van der Waals surface area contributed by atoms with E-state index in [9.17, 15) is 4.79 Å². The second-order valence-electron chi connectivity index (χ2n) is 7.21. The quantitative estimate of drug-likeness (QED) is 0.605. The first-order valence-corrected chi connectivity index (χ1v) is 10.6. The Hall–Kier alpha value is -2.60. The molecule has 28 heavy (non-hydrogen) atoms. The number of thioether (sulfide) groups is 1. The first kappa shape index (κ1) is 18.7. The lowest BCUT2D eigenvalue weighted by atomic mass is 10.0. The molecule has 0 radical (unpaired) electrons. The van der Waals surface area contributed by atoms with E-state index in [1.807, 2.05) is 54.1 Å². The van der Waals surface area contributed by atoms with Crippen molar-refractivity contribution in [2.24, 2.45) is 0 Å². The van der Waals surface area contributed by atoms with Gasteiger partial charge in [0.05, 0.1) is 17.5 Å². The Morgan fingerprint density at radius 2 is 1.89 bits per heavy atom. The highest BCUT2D eigenvalue weighted by Crippen LogP contribution is 2.40. The van der Waals surface area contributed by atoms with Crippen LogP contribution in [0.1, 0.15) is 48.7 Å². The summed E-state index contributed by atoms with van der Waals surface area (Å²) in [5, 5.41) is 8.38. The summed E-state index contributed by atoms with van der Waals surface area (Å²) in [6, 6.07) is 18.2. The molecule has 1 heterocycles. The highest BCUT2D eigenvalue weighted by Gasteiger charge is 2.30. The number of aryl methyl sites for hydroxylation is 1. The largest absolute Gasteiger partial charge is 0.349 e. The Morgan fingerprint density at radius 3 is 2.61 bits per heavy atom. The molecule has 0 aliphatic heterocycles. The predicted molar refractivity (Wildman–Crippen MR) is 112 cm³/mol. The lowest BCUT2D eigenvalue weighted by Crippen LogP contribution is -2.28. The highest BCUT2D eigenvalue weighted by molar-refractivity contribution is 7.99. The maximum absolute atomic E-state index is 12.4. The molecule has 1 atom stereocenters. The van der Waals surface area contributed by atoms with Crippen molar-refractivity contribution >= 4 is 17.7 Å². The Morgan fingerprint density at radius 1 is 1.18 bits per heavy atom. The minimum atomic E-state index is -0.0221. The molecule has 5 nitrogen and oxygen atoms in total. The summed E-state index contributed by atoms with van der Waals surface area (Å²) >= 11 is 1.39. The molecule has 3 aromatic rings. The molecule has 1 aliphatic rings. The minimum absolute atomic E-state index is 0.00946. The molecule has 1 fully saturated rings. The van der Waals surface area contributed by atoms with E-state index in [2.05, 4.69) is 29.5 Å². The van der Waals surface area contributed by atoms with Crippen molar-refractivity contribution in [2.75, 3.05) is 5.75 Å². The topological polar surface area (TPSA) is 59.8 Å². The van der Waals surface area contributed by atoms with Crippen LogP contribution in [-0.4, -0.2) is 26.4 Å². The van der Waals surface area contributed by atoms with Gasteiger partial charge in [-0.25, -0.2) is 9.67 Å². The van der Waals surface area contributed by atoms with E-state index in [0.29, 0.717) is 16.8 Å². The molecule has 4 rings (SSSR count). The van der Waals surface area contributed by atoms with Crippen LogP contribution in [0, 0.1) is 6.92 Å². The van der Waals surface area contributed by atoms with Crippen molar-refractivity contribution in [2.45, 2.75) is 43.8 Å². The first-order valence-electron chi connectivity index (χ1n) is 9.62. The molecule has 1 unspecified atom stereocenters. The molecular formula is C22H24N4OS. The van der Waals surface area contributed by atoms with Gasteiger partial charge in [0.2, 0.25) is 11.1 Å². The van der Waals surface area contributed by atoms with Gasteiger partial charge in [0.15, 0.2) is 0 Å². The van der Waals surface area contributed by atoms with Gasteiger partial charge in [-0.15, -0.1) is 5.10 Å². The maximum atomic E-state index is 12.4. The van der Waals surface area contributed by atoms with Gasteiger partial charge in [-0.3, -0.25) is 4.79 Å². The smallest absolute Gasteiger partial charge is 0.230 e. The van der Waals surface area contributed by atoms with E-state index in [0.717, 1.165) is 29.9 Å². The number of nitrogens with one attached hydrogen (secondary N) is 1. The summed E-state index contributed by atoms with van der Waals surface area (Å²) in [5.74, 6) is 1.78. The molecule has 1 saturated carbocycles. The molecule has 1 aromatic heterocycles. The van der Waals surface area contributed by atoms with Crippen LogP contribution in [-0.2, 0) is 4.79 Å². The summed E-state index contributed by atoms with van der Waals surface area (Å²) in [5.41, 5.74) is 3.34. The number of hydrogen-bond donors (Lipinski definition) is 1. The SMILES string of the molecule is Cc1ccccc1C(C)NC(=O)CSc1nc(C2CC2)n(-c2ccccc2)n1. The van der Waals surface area contributed by atoms with Crippen LogP contribution in [0.15, 0.2) is 59.8 Å². The van der Waals surface area contributed by atoms with Gasteiger partial charge in [-0.1, -0.05) is 54.2 Å². The molecule has 6 heteroatoms. The van der Waals surface area contributed by atoms with Gasteiger partial charge in [0.1, 0.15) is 5.82 Å². The van der Waals surface area contributed by atoms with Crippen LogP contribution in [0.4, 0.5) is 0 Å². The Bertz CT molecular complexity index is 966. The molecule has 2 aromatic carbocycles. The molecule has 0 saturated heterocycles. The number of carbonyl (C=O) groups excluding carboxylic acids is 1. The first-order chi connectivity index (χ1) is 13.6. The highest BCUT2D eigenvalue weighted by atomic mass is 32.2. The van der Waals surface area contributed by atoms with Crippen molar-refractivity contribution in [3.8, 4) is 5.69 Å². The van der Waals surface area contributed by atoms with Gasteiger partial charge < -0.3 is 5.32 Å². The van der Waals surface area contributed by atoms with Gasteiger partial charge in [-0.05, 0) is 49.9 Å². The zero-order chi connectivity index (χ0) is 19.5. The molecule has 0 spiro atoms. The zero-order valence-corrected chi connectivity index (χ0v) is 16.9. The fraction of sp³-hybridized carbons (Fsp3) is 0.318. The minimum Gasteiger partial charge on any atom is -0.349 e. The molecule has 1 amide bonds. The lowest BCUT2D eigenvalue weighted by molar-refractivity contribution is -0.119. The monoisotopic (exact) mass is 392 g/mol. The molecule has 144 valence electrons. The summed E-state index contributed by atoms with van der Waals surface area (Å²) in [7, 11) is 0. The normalized spacial score (nSPS) is 14.6. The van der Waals surface area contributed by atoms with Crippen molar-refractivity contribution < 1.29 is 4.79 Å². The average Bonchev–Trinajstić information content (AvgIpc) is 3.46. The van der Waals surface area contributed by atoms with Crippen LogP contribution >= 0.6 is 11.8 Å². The van der Waals surface area contributed by atoms with Crippen molar-refractivity contribution in [3.05, 3.63) is 71.5 Å². The maximum Gasteiger partial charge on any atom is 0.230 e. The summed E-state index contributed by atoms with van der Waals surface area (Å²) < 4.78 is 1.92. The number of para-hydroxylation sites is 1. The van der Waals surface area contributed by atoms with Crippen molar-refractivity contribution in [1.82, 2.24) is 20.1 Å². The number of hydrogen-bond acceptors (Lipinski definition) is 4. The zero-order valence-electron chi connectivity index (χ0n) is 16.1. The third-order valence-corrected chi connectivity index (χ3v) is 5.76. The third kappa shape index (κ3) is 4.28. The molecular weight excluding hydrogens is 368 g/mol. The molecule has 1 N–H and O–H groups in total. The van der Waals surface area contributed by atoms with E-state index in [4.69, 9.17) is 4.98 Å². The van der Waals surface area contributed by atoms with Gasteiger partial charge >= 0.3 is 0 Å². The van der Waals surface area contributed by atoms with Crippen molar-refractivity contribution in [1.29, 1.82) is 0 Å². The number of nitrogens with zero attached hydrogens (tertiary/aromatic N) is 3. The average molecular weight is 393 g/mol. The Kier molecular flexibility index (Phi) is 5.48. The standard InChI is InChI=1S/C22H24N4OS/c1-15-8-6-7-11-19(15)16(2)23-20(27)14-28-22-24-21(17-12-13-17)26(25-22)18-9-4-3-5-10-18/h3-11,16-17H,12-14H2,1-2H3,(H,23,27). The van der Waals surface area contributed by atoms with E-state index in [-0.39, 0.29) is 11.9 Å². The third-order valence-electron chi connectivity index (χ3n) is 4.92. The van der Waals surface area contributed by atoms with Crippen LogP contribution < -0.4 is 5.32 Å². The lowest BCUT2D eigenvalue weighted by Gasteiger charge is -2.16. The summed E-state index contributed by atoms with van der Waals surface area (Å²) in [6.07, 6.45) is 2.31. The van der Waals surface area contributed by atoms with Crippen LogP contribution in [0.5, 0.6) is 0 Å². The number of carbonyl (C=O) groups is 1. The van der Waals surface area contributed by atoms with E-state index >= 15 is 0 Å².